The van der Waals surface area contributed by atoms with Crippen molar-refractivity contribution in [2.24, 2.45) is 0 Å². The van der Waals surface area contributed by atoms with Crippen molar-refractivity contribution in [2.45, 2.75) is 25.4 Å². The molecule has 1 heterocycles. The Balaban J connectivity index is 2.12. The van der Waals surface area contributed by atoms with Crippen LogP contribution >= 0.6 is 11.6 Å². The molecule has 0 radical (unpaired) electrons. The molecule has 1 fully saturated rings. The van der Waals surface area contributed by atoms with Gasteiger partial charge in [-0.15, -0.1) is 0 Å². The van der Waals surface area contributed by atoms with Gasteiger partial charge in [-0.25, -0.2) is 4.79 Å². The van der Waals surface area contributed by atoms with Crippen LogP contribution in [0, 0.1) is 10.1 Å². The maximum atomic E-state index is 12.0. The third kappa shape index (κ3) is 3.69. The molecule has 112 valence electrons. The number of nitro benzene ring substituents is 1. The number of hydrogen-bond donors (Lipinski definition) is 1. The van der Waals surface area contributed by atoms with E-state index in [1.807, 2.05) is 0 Å². The molecular weight excluding hydrogens is 300 g/mol. The first-order valence-corrected chi connectivity index (χ1v) is 6.79. The zero-order valence-corrected chi connectivity index (χ0v) is 11.8. The average molecular weight is 313 g/mol. The first-order valence-electron chi connectivity index (χ1n) is 6.41. The van der Waals surface area contributed by atoms with E-state index < -0.39 is 17.0 Å². The Hall–Kier alpha value is -2.15. The van der Waals surface area contributed by atoms with Crippen LogP contribution in [0.3, 0.4) is 0 Å². The molecule has 8 heteroatoms. The van der Waals surface area contributed by atoms with Crippen LogP contribution in [-0.2, 0) is 9.53 Å². The zero-order chi connectivity index (χ0) is 15.4. The monoisotopic (exact) mass is 312 g/mol. The van der Waals surface area contributed by atoms with Crippen molar-refractivity contribution in [2.75, 3.05) is 6.54 Å². The first kappa shape index (κ1) is 15.2. The first-order chi connectivity index (χ1) is 9.99. The van der Waals surface area contributed by atoms with Crippen molar-refractivity contribution < 1.29 is 19.2 Å². The maximum absolute atomic E-state index is 12.0. The summed E-state index contributed by atoms with van der Waals surface area (Å²) in [5.41, 5.74) is -0.219. The second kappa shape index (κ2) is 6.53. The van der Waals surface area contributed by atoms with Gasteiger partial charge in [0.25, 0.3) is 11.6 Å². The summed E-state index contributed by atoms with van der Waals surface area (Å²) < 4.78 is 5.15. The molecule has 0 unspecified atom stereocenters. The van der Waals surface area contributed by atoms with E-state index in [4.69, 9.17) is 16.3 Å². The third-order valence-corrected chi connectivity index (χ3v) is 3.43. The van der Waals surface area contributed by atoms with Gasteiger partial charge in [-0.05, 0) is 25.3 Å². The topological polar surface area (TPSA) is 98.5 Å². The van der Waals surface area contributed by atoms with Gasteiger partial charge in [0.15, 0.2) is 6.10 Å². The maximum Gasteiger partial charge on any atom is 0.340 e. The second-order valence-electron chi connectivity index (χ2n) is 4.60. The van der Waals surface area contributed by atoms with Crippen LogP contribution in [0.15, 0.2) is 18.2 Å². The van der Waals surface area contributed by atoms with Crippen molar-refractivity contribution in [3.8, 4) is 0 Å². The molecule has 1 atom stereocenters. The minimum atomic E-state index is -0.855. The van der Waals surface area contributed by atoms with E-state index in [-0.39, 0.29) is 22.2 Å². The number of ether oxygens (including phenoxy) is 1. The highest BCUT2D eigenvalue weighted by Crippen LogP contribution is 2.24. The summed E-state index contributed by atoms with van der Waals surface area (Å²) >= 11 is 5.85. The molecule has 0 aliphatic carbocycles. The largest absolute Gasteiger partial charge is 0.449 e. The van der Waals surface area contributed by atoms with E-state index >= 15 is 0 Å². The van der Waals surface area contributed by atoms with Gasteiger partial charge >= 0.3 is 5.97 Å². The number of halogens is 1. The lowest BCUT2D eigenvalue weighted by atomic mass is 10.1. The molecule has 2 rings (SSSR count). The van der Waals surface area contributed by atoms with E-state index in [2.05, 4.69) is 5.32 Å². The van der Waals surface area contributed by atoms with Crippen molar-refractivity contribution >= 4 is 29.2 Å². The molecule has 1 aliphatic rings. The fourth-order valence-electron chi connectivity index (χ4n) is 2.00. The van der Waals surface area contributed by atoms with Gasteiger partial charge < -0.3 is 10.1 Å². The number of benzene rings is 1. The molecule has 1 N–H and O–H groups in total. The smallest absolute Gasteiger partial charge is 0.340 e. The van der Waals surface area contributed by atoms with E-state index in [1.54, 1.807) is 0 Å². The van der Waals surface area contributed by atoms with Crippen LogP contribution in [0.5, 0.6) is 0 Å². The summed E-state index contributed by atoms with van der Waals surface area (Å²) in [4.78, 5) is 33.7. The fourth-order valence-corrected chi connectivity index (χ4v) is 2.25. The Kier molecular flexibility index (Phi) is 4.74. The van der Waals surface area contributed by atoms with Crippen LogP contribution in [0.25, 0.3) is 0 Å². The fraction of sp³-hybridized carbons (Fsp3) is 0.385. The summed E-state index contributed by atoms with van der Waals surface area (Å²) in [6.07, 6.45) is 1.19. The van der Waals surface area contributed by atoms with Gasteiger partial charge in [0.1, 0.15) is 0 Å². The van der Waals surface area contributed by atoms with Crippen molar-refractivity contribution in [1.29, 1.82) is 0 Å². The van der Waals surface area contributed by atoms with Crippen LogP contribution in [0.4, 0.5) is 5.69 Å². The van der Waals surface area contributed by atoms with Crippen molar-refractivity contribution in [3.63, 3.8) is 0 Å². The average Bonchev–Trinajstić information content (AvgIpc) is 2.63. The van der Waals surface area contributed by atoms with E-state index in [9.17, 15) is 19.7 Å². The lowest BCUT2D eigenvalue weighted by Crippen LogP contribution is -2.36. The SMILES string of the molecule is O=C(O[C@@H]1CCCCNC1=O)c1ccc([N+](=O)[O-])cc1Cl. The number of nitrogens with one attached hydrogen (secondary N) is 1. The summed E-state index contributed by atoms with van der Waals surface area (Å²) in [7, 11) is 0. The Morgan fingerprint density at radius 2 is 2.19 bits per heavy atom. The molecule has 1 aromatic rings. The molecule has 1 aliphatic heterocycles. The second-order valence-corrected chi connectivity index (χ2v) is 5.01. The van der Waals surface area contributed by atoms with Gasteiger partial charge in [-0.1, -0.05) is 11.6 Å². The number of rotatable bonds is 3. The predicted octanol–water partition coefficient (Wildman–Crippen LogP) is 2.07. The Morgan fingerprint density at radius 3 is 2.86 bits per heavy atom. The lowest BCUT2D eigenvalue weighted by molar-refractivity contribution is -0.384. The van der Waals surface area contributed by atoms with Gasteiger partial charge in [0.05, 0.1) is 15.5 Å². The van der Waals surface area contributed by atoms with Gasteiger partial charge in [-0.3, -0.25) is 14.9 Å². The number of carbonyl (C=O) groups excluding carboxylic acids is 2. The van der Waals surface area contributed by atoms with Crippen LogP contribution in [0.2, 0.25) is 5.02 Å². The van der Waals surface area contributed by atoms with E-state index in [0.29, 0.717) is 13.0 Å². The molecule has 0 aromatic heterocycles. The summed E-state index contributed by atoms with van der Waals surface area (Å²) in [6.45, 7) is 0.561. The molecule has 21 heavy (non-hydrogen) atoms. The molecule has 7 nitrogen and oxygen atoms in total. The molecule has 0 saturated carbocycles. The molecule has 0 bridgehead atoms. The number of nitrogens with zero attached hydrogens (tertiary/aromatic N) is 1. The van der Waals surface area contributed by atoms with Crippen LogP contribution in [-0.4, -0.2) is 29.4 Å². The Morgan fingerprint density at radius 1 is 1.43 bits per heavy atom. The van der Waals surface area contributed by atoms with Crippen molar-refractivity contribution in [1.82, 2.24) is 5.32 Å². The van der Waals surface area contributed by atoms with Gasteiger partial charge in [0, 0.05) is 18.7 Å². The van der Waals surface area contributed by atoms with Crippen LogP contribution in [0.1, 0.15) is 29.6 Å². The Bertz CT molecular complexity index is 590. The molecule has 1 aromatic carbocycles. The normalized spacial score (nSPS) is 18.5. The highest BCUT2D eigenvalue weighted by Gasteiger charge is 2.26. The van der Waals surface area contributed by atoms with Crippen molar-refractivity contribution in [3.05, 3.63) is 38.9 Å². The summed E-state index contributed by atoms with van der Waals surface area (Å²) in [5, 5.41) is 13.2. The number of hydrogen-bond acceptors (Lipinski definition) is 5. The summed E-state index contributed by atoms with van der Waals surface area (Å²) in [6, 6.07) is 3.46. The standard InChI is InChI=1S/C13H13ClN2O5/c14-10-7-8(16(19)20)4-5-9(10)13(18)21-11-3-1-2-6-15-12(11)17/h4-5,7,11H,1-3,6H2,(H,15,17)/t11-/m1/s1. The minimum absolute atomic E-state index is 0.000636. The lowest BCUT2D eigenvalue weighted by Gasteiger charge is -2.14. The highest BCUT2D eigenvalue weighted by molar-refractivity contribution is 6.33. The Labute approximate surface area is 125 Å². The summed E-state index contributed by atoms with van der Waals surface area (Å²) in [5.74, 6) is -1.10. The number of non-ortho nitro benzene ring substituents is 1. The highest BCUT2D eigenvalue weighted by atomic mass is 35.5. The van der Waals surface area contributed by atoms with Gasteiger partial charge in [0.2, 0.25) is 0 Å². The quantitative estimate of drug-likeness (QED) is 0.523. The minimum Gasteiger partial charge on any atom is -0.449 e. The predicted molar refractivity (Wildman–Crippen MR) is 74.2 cm³/mol. The molecule has 1 amide bonds. The molecule has 0 spiro atoms. The van der Waals surface area contributed by atoms with Crippen LogP contribution < -0.4 is 5.32 Å². The molecular formula is C13H13ClN2O5. The molecule has 1 saturated heterocycles. The number of esters is 1. The number of carbonyl (C=O) groups is 2. The van der Waals surface area contributed by atoms with E-state index in [0.717, 1.165) is 25.0 Å². The number of nitro groups is 1. The number of amides is 1. The zero-order valence-electron chi connectivity index (χ0n) is 11.0. The third-order valence-electron chi connectivity index (χ3n) is 3.12. The van der Waals surface area contributed by atoms with Gasteiger partial charge in [-0.2, -0.15) is 0 Å². The van der Waals surface area contributed by atoms with E-state index in [1.165, 1.54) is 6.07 Å².